The van der Waals surface area contributed by atoms with E-state index in [2.05, 4.69) is 6.92 Å². The van der Waals surface area contributed by atoms with Gasteiger partial charge in [-0.15, -0.1) is 0 Å². The summed E-state index contributed by atoms with van der Waals surface area (Å²) >= 11 is 0. The Morgan fingerprint density at radius 3 is 2.14 bits per heavy atom. The zero-order valence-corrected chi connectivity index (χ0v) is 8.56. The second kappa shape index (κ2) is 7.06. The van der Waals surface area contributed by atoms with Gasteiger partial charge in [0, 0.05) is 13.0 Å². The van der Waals surface area contributed by atoms with Crippen molar-refractivity contribution in [3.05, 3.63) is 0 Å². The molecule has 0 spiro atoms. The molecular formula is C9H17F3O2. The largest absolute Gasteiger partial charge is 0.388 e. The number of hydrogen-bond donors (Lipinski definition) is 0. The van der Waals surface area contributed by atoms with Gasteiger partial charge in [-0.3, -0.25) is 0 Å². The van der Waals surface area contributed by atoms with Gasteiger partial charge in [0.25, 0.3) is 0 Å². The van der Waals surface area contributed by atoms with E-state index in [1.54, 1.807) is 0 Å². The van der Waals surface area contributed by atoms with E-state index in [1.807, 2.05) is 0 Å². The molecule has 1 rings (SSSR count). The summed E-state index contributed by atoms with van der Waals surface area (Å²) in [7, 11) is 0. The van der Waals surface area contributed by atoms with Crippen molar-refractivity contribution in [1.82, 2.24) is 0 Å². The van der Waals surface area contributed by atoms with Crippen LogP contribution in [0.1, 0.15) is 26.7 Å². The molecule has 2 nitrogen and oxygen atoms in total. The molecule has 86 valence electrons. The number of hydrogen-bond acceptors (Lipinski definition) is 2. The van der Waals surface area contributed by atoms with Gasteiger partial charge >= 0.3 is 6.18 Å². The Labute approximate surface area is 82.4 Å². The van der Waals surface area contributed by atoms with Gasteiger partial charge in [0.2, 0.25) is 0 Å². The first-order valence-electron chi connectivity index (χ1n) is 4.75. The van der Waals surface area contributed by atoms with Gasteiger partial charge in [-0.1, -0.05) is 13.8 Å². The van der Waals surface area contributed by atoms with Crippen LogP contribution in [-0.4, -0.2) is 32.1 Å². The van der Waals surface area contributed by atoms with Crippen LogP contribution in [0.25, 0.3) is 0 Å². The standard InChI is InChI=1S/C6H12O2.C3H5F3/c1-2-3-7-4-6-5-8-6;1-2-3(4,5)6/h6H,2-5H2,1H3;2H2,1H3. The zero-order valence-electron chi connectivity index (χ0n) is 8.56. The predicted octanol–water partition coefficient (Wildman–Crippen LogP) is 2.77. The zero-order chi connectivity index (χ0) is 11.0. The van der Waals surface area contributed by atoms with Crippen LogP contribution in [0.3, 0.4) is 0 Å². The van der Waals surface area contributed by atoms with Crippen molar-refractivity contribution in [3.63, 3.8) is 0 Å². The summed E-state index contributed by atoms with van der Waals surface area (Å²) in [6, 6.07) is 0. The Bertz CT molecular complexity index is 133. The molecule has 1 aliphatic heterocycles. The molecule has 1 saturated heterocycles. The summed E-state index contributed by atoms with van der Waals surface area (Å²) < 4.78 is 42.5. The van der Waals surface area contributed by atoms with E-state index in [0.29, 0.717) is 6.10 Å². The molecular weight excluding hydrogens is 197 g/mol. The van der Waals surface area contributed by atoms with Crippen molar-refractivity contribution in [2.45, 2.75) is 39.0 Å². The molecule has 0 aromatic rings. The third-order valence-electron chi connectivity index (χ3n) is 1.46. The molecule has 1 atom stereocenters. The minimum atomic E-state index is -3.96. The molecule has 1 aliphatic rings. The maximum Gasteiger partial charge on any atom is 0.388 e. The maximum atomic E-state index is 10.8. The second-order valence-electron chi connectivity index (χ2n) is 3.00. The first-order valence-corrected chi connectivity index (χ1v) is 4.75. The lowest BCUT2D eigenvalue weighted by Gasteiger charge is -1.96. The lowest BCUT2D eigenvalue weighted by molar-refractivity contribution is -0.130. The molecule has 0 bridgehead atoms. The van der Waals surface area contributed by atoms with E-state index in [9.17, 15) is 13.2 Å². The van der Waals surface area contributed by atoms with Gasteiger partial charge < -0.3 is 9.47 Å². The minimum Gasteiger partial charge on any atom is -0.379 e. The van der Waals surface area contributed by atoms with Crippen LogP contribution in [0.15, 0.2) is 0 Å². The van der Waals surface area contributed by atoms with Crippen molar-refractivity contribution < 1.29 is 22.6 Å². The highest BCUT2D eigenvalue weighted by Crippen LogP contribution is 2.17. The van der Waals surface area contributed by atoms with E-state index in [0.717, 1.165) is 33.2 Å². The Kier molecular flexibility index (Phi) is 6.92. The monoisotopic (exact) mass is 214 g/mol. The van der Waals surface area contributed by atoms with E-state index in [4.69, 9.17) is 9.47 Å². The highest BCUT2D eigenvalue weighted by Gasteiger charge is 2.22. The molecule has 0 N–H and O–H groups in total. The number of ether oxygens (including phenoxy) is 2. The van der Waals surface area contributed by atoms with Crippen molar-refractivity contribution in [3.8, 4) is 0 Å². The molecule has 1 heterocycles. The molecule has 1 fully saturated rings. The summed E-state index contributed by atoms with van der Waals surface area (Å²) in [6.45, 7) is 5.77. The van der Waals surface area contributed by atoms with Crippen LogP contribution >= 0.6 is 0 Å². The molecule has 5 heteroatoms. The average Bonchev–Trinajstić information content (AvgIpc) is 2.89. The molecule has 14 heavy (non-hydrogen) atoms. The van der Waals surface area contributed by atoms with E-state index < -0.39 is 12.6 Å². The quantitative estimate of drug-likeness (QED) is 0.530. The van der Waals surface area contributed by atoms with Crippen LogP contribution in [0.4, 0.5) is 13.2 Å². The van der Waals surface area contributed by atoms with Gasteiger partial charge in [-0.05, 0) is 6.42 Å². The van der Waals surface area contributed by atoms with Gasteiger partial charge in [0.15, 0.2) is 0 Å². The Morgan fingerprint density at radius 1 is 1.36 bits per heavy atom. The average molecular weight is 214 g/mol. The fourth-order valence-electron chi connectivity index (χ4n) is 0.523. The van der Waals surface area contributed by atoms with E-state index in [-0.39, 0.29) is 0 Å². The van der Waals surface area contributed by atoms with Gasteiger partial charge in [-0.25, -0.2) is 0 Å². The third kappa shape index (κ3) is 11.7. The molecule has 0 aliphatic carbocycles. The van der Waals surface area contributed by atoms with E-state index in [1.165, 1.54) is 0 Å². The highest BCUT2D eigenvalue weighted by atomic mass is 19.4. The van der Waals surface area contributed by atoms with Crippen LogP contribution in [0, 0.1) is 0 Å². The van der Waals surface area contributed by atoms with E-state index >= 15 is 0 Å². The normalized spacial score (nSPS) is 19.9. The first-order chi connectivity index (χ1) is 6.49. The summed E-state index contributed by atoms with van der Waals surface area (Å²) in [5, 5.41) is 0. The maximum absolute atomic E-state index is 10.8. The van der Waals surface area contributed by atoms with Crippen LogP contribution in [0.2, 0.25) is 0 Å². The smallest absolute Gasteiger partial charge is 0.379 e. The second-order valence-corrected chi connectivity index (χ2v) is 3.00. The van der Waals surface area contributed by atoms with Gasteiger partial charge in [0.1, 0.15) is 6.10 Å². The molecule has 0 aromatic carbocycles. The predicted molar refractivity (Wildman–Crippen MR) is 47.2 cm³/mol. The topological polar surface area (TPSA) is 21.8 Å². The number of alkyl halides is 3. The van der Waals surface area contributed by atoms with Crippen LogP contribution < -0.4 is 0 Å². The lowest BCUT2D eigenvalue weighted by Crippen LogP contribution is -2.02. The van der Waals surface area contributed by atoms with Crippen molar-refractivity contribution in [2.75, 3.05) is 19.8 Å². The van der Waals surface area contributed by atoms with Gasteiger partial charge in [0.05, 0.1) is 13.2 Å². The number of rotatable bonds is 4. The van der Waals surface area contributed by atoms with Gasteiger partial charge in [-0.2, -0.15) is 13.2 Å². The molecule has 0 aromatic heterocycles. The summed E-state index contributed by atoms with van der Waals surface area (Å²) in [6.07, 6.45) is -3.15. The van der Waals surface area contributed by atoms with Crippen molar-refractivity contribution >= 4 is 0 Å². The van der Waals surface area contributed by atoms with Crippen molar-refractivity contribution in [1.29, 1.82) is 0 Å². The molecule has 0 radical (unpaired) electrons. The third-order valence-corrected chi connectivity index (χ3v) is 1.46. The highest BCUT2D eigenvalue weighted by molar-refractivity contribution is 4.66. The molecule has 0 amide bonds. The fraction of sp³-hybridized carbons (Fsp3) is 1.00. The summed E-state index contributed by atoms with van der Waals surface area (Å²) in [5.74, 6) is 0. The number of halogens is 3. The minimum absolute atomic E-state index is 0.432. The first kappa shape index (κ1) is 13.7. The number of epoxide rings is 1. The van der Waals surface area contributed by atoms with Crippen molar-refractivity contribution in [2.24, 2.45) is 0 Å². The molecule has 1 unspecified atom stereocenters. The SMILES string of the molecule is CCC(F)(F)F.CCCOCC1CO1. The van der Waals surface area contributed by atoms with Crippen LogP contribution in [-0.2, 0) is 9.47 Å². The summed E-state index contributed by atoms with van der Waals surface area (Å²) in [4.78, 5) is 0. The van der Waals surface area contributed by atoms with Crippen LogP contribution in [0.5, 0.6) is 0 Å². The fourth-order valence-corrected chi connectivity index (χ4v) is 0.523. The molecule has 0 saturated carbocycles. The summed E-state index contributed by atoms with van der Waals surface area (Å²) in [5.41, 5.74) is 0. The Hall–Kier alpha value is -0.290. The Morgan fingerprint density at radius 2 is 1.86 bits per heavy atom. The lowest BCUT2D eigenvalue weighted by atomic mass is 10.5. The Balaban J connectivity index is 0.000000255.